The van der Waals surface area contributed by atoms with Gasteiger partial charge in [-0.05, 0) is 65.3 Å². The molecular weight excluding hydrogens is 403 g/mol. The summed E-state index contributed by atoms with van der Waals surface area (Å²) in [5, 5.41) is 2.25. The predicted octanol–water partition coefficient (Wildman–Crippen LogP) is 5.26. The van der Waals surface area contributed by atoms with E-state index in [4.69, 9.17) is 0 Å². The molecule has 0 spiro atoms. The zero-order valence-corrected chi connectivity index (χ0v) is 18.3. The van der Waals surface area contributed by atoms with Crippen LogP contribution in [0.4, 0.5) is 10.1 Å². The number of fused-ring (bicyclic) bond motifs is 1. The van der Waals surface area contributed by atoms with Crippen LogP contribution in [0, 0.1) is 17.7 Å². The van der Waals surface area contributed by atoms with E-state index in [0.717, 1.165) is 47.7 Å². The molecule has 1 saturated heterocycles. The first-order chi connectivity index (χ1) is 15.5. The third kappa shape index (κ3) is 4.12. The highest BCUT2D eigenvalue weighted by Crippen LogP contribution is 2.34. The molecule has 0 bridgehead atoms. The van der Waals surface area contributed by atoms with Gasteiger partial charge in [0.25, 0.3) is 0 Å². The van der Waals surface area contributed by atoms with Crippen molar-refractivity contribution in [3.8, 4) is 11.1 Å². The van der Waals surface area contributed by atoms with E-state index in [2.05, 4.69) is 6.07 Å². The van der Waals surface area contributed by atoms with E-state index in [9.17, 15) is 14.0 Å². The number of rotatable bonds is 5. The number of hydrogen-bond donors (Lipinski definition) is 0. The van der Waals surface area contributed by atoms with Gasteiger partial charge in [0.05, 0.1) is 5.69 Å². The molecule has 32 heavy (non-hydrogen) atoms. The fourth-order valence-corrected chi connectivity index (χ4v) is 4.63. The lowest BCUT2D eigenvalue weighted by Gasteiger charge is -2.21. The summed E-state index contributed by atoms with van der Waals surface area (Å²) >= 11 is 0. The Kier molecular flexibility index (Phi) is 5.41. The molecule has 2 aliphatic rings. The van der Waals surface area contributed by atoms with Crippen LogP contribution in [-0.4, -0.2) is 36.9 Å². The highest BCUT2D eigenvalue weighted by atomic mass is 19.1. The van der Waals surface area contributed by atoms with Gasteiger partial charge >= 0.3 is 0 Å². The molecule has 164 valence electrons. The Morgan fingerprint density at radius 3 is 2.44 bits per heavy atom. The summed E-state index contributed by atoms with van der Waals surface area (Å²) in [6.45, 7) is 1.37. The molecule has 3 aromatic carbocycles. The van der Waals surface area contributed by atoms with Gasteiger partial charge in [-0.2, -0.15) is 0 Å². The molecule has 0 N–H and O–H groups in total. The summed E-state index contributed by atoms with van der Waals surface area (Å²) in [4.78, 5) is 28.4. The van der Waals surface area contributed by atoms with E-state index >= 15 is 0 Å². The van der Waals surface area contributed by atoms with Crippen LogP contribution in [0.1, 0.15) is 25.7 Å². The highest BCUT2D eigenvalue weighted by molar-refractivity contribution is 5.94. The monoisotopic (exact) mass is 430 g/mol. The van der Waals surface area contributed by atoms with Crippen molar-refractivity contribution >= 4 is 28.3 Å². The molecule has 2 amide bonds. The minimum atomic E-state index is -0.413. The Labute approximate surface area is 187 Å². The summed E-state index contributed by atoms with van der Waals surface area (Å²) in [6.07, 6.45) is 3.16. The zero-order valence-electron chi connectivity index (χ0n) is 18.3. The SMILES string of the molecule is CN(C(=O)C[C@@H]1CCN(C(=O)C2CC2)C1)c1ccc(-c2ccc3ccccc3c2)cc1F. The van der Waals surface area contributed by atoms with Gasteiger partial charge in [0.15, 0.2) is 0 Å². The molecule has 0 aromatic heterocycles. The number of halogens is 1. The molecule has 5 rings (SSSR count). The number of carbonyl (C=O) groups excluding carboxylic acids is 2. The fraction of sp³-hybridized carbons (Fsp3) is 0.333. The molecule has 5 heteroatoms. The number of nitrogens with zero attached hydrogens (tertiary/aromatic N) is 2. The third-order valence-corrected chi connectivity index (χ3v) is 6.75. The lowest BCUT2D eigenvalue weighted by Crippen LogP contribution is -2.32. The number of anilines is 1. The van der Waals surface area contributed by atoms with Crippen molar-refractivity contribution in [2.24, 2.45) is 11.8 Å². The van der Waals surface area contributed by atoms with E-state index < -0.39 is 5.82 Å². The Morgan fingerprint density at radius 2 is 1.69 bits per heavy atom. The molecule has 1 aliphatic heterocycles. The van der Waals surface area contributed by atoms with Crippen molar-refractivity contribution < 1.29 is 14.0 Å². The summed E-state index contributed by atoms with van der Waals surface area (Å²) in [6, 6.07) is 19.2. The number of hydrogen-bond acceptors (Lipinski definition) is 2. The van der Waals surface area contributed by atoms with E-state index in [-0.39, 0.29) is 29.3 Å². The maximum Gasteiger partial charge on any atom is 0.227 e. The fourth-order valence-electron chi connectivity index (χ4n) is 4.63. The molecule has 4 nitrogen and oxygen atoms in total. The maximum absolute atomic E-state index is 15.0. The Hall–Kier alpha value is -3.21. The molecule has 1 saturated carbocycles. The largest absolute Gasteiger partial charge is 0.342 e. The van der Waals surface area contributed by atoms with Crippen LogP contribution in [-0.2, 0) is 9.59 Å². The van der Waals surface area contributed by atoms with Gasteiger partial charge < -0.3 is 9.80 Å². The van der Waals surface area contributed by atoms with Gasteiger partial charge in [0, 0.05) is 32.5 Å². The van der Waals surface area contributed by atoms with E-state index in [1.807, 2.05) is 47.4 Å². The summed E-state index contributed by atoms with van der Waals surface area (Å²) in [5.74, 6) is 0.0649. The van der Waals surface area contributed by atoms with Crippen molar-refractivity contribution in [1.82, 2.24) is 4.90 Å². The standard InChI is InChI=1S/C27H27FN2O2/c1-29(26(31)14-18-12-13-30(17-18)27(32)20-7-8-20)25-11-10-23(16-24(25)28)22-9-6-19-4-2-3-5-21(19)15-22/h2-6,9-11,15-16,18,20H,7-8,12-14,17H2,1H3/t18-/m0/s1. The van der Waals surface area contributed by atoms with Crippen LogP contribution in [0.5, 0.6) is 0 Å². The Bertz CT molecular complexity index is 1190. The van der Waals surface area contributed by atoms with Crippen molar-refractivity contribution in [3.05, 3.63) is 66.5 Å². The summed E-state index contributed by atoms with van der Waals surface area (Å²) < 4.78 is 15.0. The molecule has 0 radical (unpaired) electrons. The van der Waals surface area contributed by atoms with Crippen molar-refractivity contribution in [2.45, 2.75) is 25.7 Å². The third-order valence-electron chi connectivity index (χ3n) is 6.75. The topological polar surface area (TPSA) is 40.6 Å². The van der Waals surface area contributed by atoms with Gasteiger partial charge in [0.1, 0.15) is 5.82 Å². The lowest BCUT2D eigenvalue weighted by atomic mass is 10.0. The summed E-state index contributed by atoms with van der Waals surface area (Å²) in [5.41, 5.74) is 2.00. The summed E-state index contributed by atoms with van der Waals surface area (Å²) in [7, 11) is 1.62. The first-order valence-corrected chi connectivity index (χ1v) is 11.3. The van der Waals surface area contributed by atoms with Crippen molar-refractivity contribution in [1.29, 1.82) is 0 Å². The van der Waals surface area contributed by atoms with Crippen molar-refractivity contribution in [3.63, 3.8) is 0 Å². The normalized spacial score (nSPS) is 18.2. The van der Waals surface area contributed by atoms with Gasteiger partial charge in [-0.1, -0.05) is 42.5 Å². The van der Waals surface area contributed by atoms with E-state index in [1.54, 1.807) is 13.1 Å². The first-order valence-electron chi connectivity index (χ1n) is 11.3. The van der Waals surface area contributed by atoms with Crippen molar-refractivity contribution in [2.75, 3.05) is 25.0 Å². The van der Waals surface area contributed by atoms with Crippen LogP contribution < -0.4 is 4.90 Å². The molecule has 1 heterocycles. The van der Waals surface area contributed by atoms with Crippen LogP contribution in [0.15, 0.2) is 60.7 Å². The van der Waals surface area contributed by atoms with Crippen LogP contribution in [0.25, 0.3) is 21.9 Å². The minimum Gasteiger partial charge on any atom is -0.342 e. The number of amides is 2. The maximum atomic E-state index is 15.0. The predicted molar refractivity (Wildman–Crippen MR) is 125 cm³/mol. The Balaban J connectivity index is 1.27. The highest BCUT2D eigenvalue weighted by Gasteiger charge is 2.37. The number of carbonyl (C=O) groups is 2. The lowest BCUT2D eigenvalue weighted by molar-refractivity contribution is -0.131. The Morgan fingerprint density at radius 1 is 0.969 bits per heavy atom. The molecular formula is C27H27FN2O2. The van der Waals surface area contributed by atoms with Crippen LogP contribution in [0.3, 0.4) is 0 Å². The second kappa shape index (κ2) is 8.38. The molecule has 3 aromatic rings. The second-order valence-electron chi connectivity index (χ2n) is 9.10. The van der Waals surface area contributed by atoms with Crippen LogP contribution in [0.2, 0.25) is 0 Å². The van der Waals surface area contributed by atoms with Gasteiger partial charge in [-0.25, -0.2) is 4.39 Å². The van der Waals surface area contributed by atoms with Gasteiger partial charge in [-0.3, -0.25) is 9.59 Å². The molecule has 1 atom stereocenters. The average molecular weight is 431 g/mol. The molecule has 1 aliphatic carbocycles. The minimum absolute atomic E-state index is 0.118. The van der Waals surface area contributed by atoms with Gasteiger partial charge in [0.2, 0.25) is 11.8 Å². The first kappa shape index (κ1) is 20.7. The number of benzene rings is 3. The molecule has 0 unspecified atom stereocenters. The van der Waals surface area contributed by atoms with Gasteiger partial charge in [-0.15, -0.1) is 0 Å². The second-order valence-corrected chi connectivity index (χ2v) is 9.10. The van der Waals surface area contributed by atoms with Crippen LogP contribution >= 0.6 is 0 Å². The average Bonchev–Trinajstić information content (AvgIpc) is 3.56. The van der Waals surface area contributed by atoms with E-state index in [0.29, 0.717) is 13.0 Å². The quantitative estimate of drug-likeness (QED) is 0.554. The molecule has 2 fully saturated rings. The zero-order chi connectivity index (χ0) is 22.2. The van der Waals surface area contributed by atoms with E-state index in [1.165, 1.54) is 11.0 Å². The smallest absolute Gasteiger partial charge is 0.227 e. The number of likely N-dealkylation sites (tertiary alicyclic amines) is 1.